The summed E-state index contributed by atoms with van der Waals surface area (Å²) in [4.78, 5) is 0. The largest absolute Gasteiger partial charge is 0.241 e. The maximum absolute atomic E-state index is 12.1. The third-order valence-electron chi connectivity index (χ3n) is 2.17. The van der Waals surface area contributed by atoms with Gasteiger partial charge in [0.25, 0.3) is 0 Å². The second kappa shape index (κ2) is 4.64. The molecule has 2 heteroatoms. The lowest BCUT2D eigenvalue weighted by Gasteiger charge is -2.19. The maximum atomic E-state index is 12.1. The molecule has 0 aromatic heterocycles. The van der Waals surface area contributed by atoms with Crippen LogP contribution in [0.4, 0.5) is 8.78 Å². The van der Waals surface area contributed by atoms with Crippen LogP contribution >= 0.6 is 0 Å². The molecule has 2 atom stereocenters. The highest BCUT2D eigenvalue weighted by Gasteiger charge is 2.22. The molecule has 0 aromatic rings. The molecular weight excluding hydrogens is 134 g/mol. The van der Waals surface area contributed by atoms with Crippen LogP contribution in [0.5, 0.6) is 0 Å². The lowest BCUT2D eigenvalue weighted by molar-refractivity contribution is 0.0444. The van der Waals surface area contributed by atoms with Crippen molar-refractivity contribution in [1.29, 1.82) is 0 Å². The smallest absolute Gasteiger partial charge is 0.210 e. The lowest BCUT2D eigenvalue weighted by atomic mass is 9.90. The summed E-state index contributed by atoms with van der Waals surface area (Å²) in [6, 6.07) is 0. The average molecular weight is 150 g/mol. The van der Waals surface area contributed by atoms with Gasteiger partial charge < -0.3 is 0 Å². The molecule has 0 radical (unpaired) electrons. The Hall–Kier alpha value is -0.140. The first-order valence-electron chi connectivity index (χ1n) is 3.91. The molecule has 0 spiro atoms. The fourth-order valence-corrected chi connectivity index (χ4v) is 1.13. The summed E-state index contributed by atoms with van der Waals surface area (Å²) in [6.07, 6.45) is -0.699. The molecule has 0 N–H and O–H groups in total. The predicted molar refractivity (Wildman–Crippen MR) is 39.2 cm³/mol. The molecule has 62 valence electrons. The fraction of sp³-hybridized carbons (Fsp3) is 1.00. The van der Waals surface area contributed by atoms with Crippen molar-refractivity contribution >= 4 is 0 Å². The molecule has 0 aliphatic rings. The van der Waals surface area contributed by atoms with Gasteiger partial charge in [0, 0.05) is 5.92 Å². The van der Waals surface area contributed by atoms with Crippen molar-refractivity contribution in [3.05, 3.63) is 0 Å². The number of rotatable bonds is 4. The van der Waals surface area contributed by atoms with Crippen LogP contribution in [0, 0.1) is 11.8 Å². The van der Waals surface area contributed by atoms with E-state index in [1.54, 1.807) is 0 Å². The first-order chi connectivity index (χ1) is 4.63. The minimum atomic E-state index is -2.14. The monoisotopic (exact) mass is 150 g/mol. The standard InChI is InChI=1S/C8H16F2/c1-4-6(3)7(5-2)8(9)10/h6-8H,4-5H2,1-3H3. The van der Waals surface area contributed by atoms with E-state index < -0.39 is 12.3 Å². The molecule has 0 saturated carbocycles. The highest BCUT2D eigenvalue weighted by atomic mass is 19.3. The maximum Gasteiger partial charge on any atom is 0.241 e. The molecule has 0 aliphatic heterocycles. The van der Waals surface area contributed by atoms with E-state index in [1.165, 1.54) is 0 Å². The molecule has 0 amide bonds. The summed E-state index contributed by atoms with van der Waals surface area (Å²) < 4.78 is 24.3. The summed E-state index contributed by atoms with van der Waals surface area (Å²) >= 11 is 0. The van der Waals surface area contributed by atoms with Gasteiger partial charge >= 0.3 is 0 Å². The molecule has 0 rings (SSSR count). The van der Waals surface area contributed by atoms with Crippen molar-refractivity contribution < 1.29 is 8.78 Å². The molecular formula is C8H16F2. The lowest BCUT2D eigenvalue weighted by Crippen LogP contribution is -2.18. The Labute approximate surface area is 61.6 Å². The summed E-state index contributed by atoms with van der Waals surface area (Å²) in [6.45, 7) is 5.67. The Bertz CT molecular complexity index is 81.3. The Kier molecular flexibility index (Phi) is 4.58. The molecule has 0 aromatic carbocycles. The van der Waals surface area contributed by atoms with Crippen LogP contribution in [0.15, 0.2) is 0 Å². The number of hydrogen-bond donors (Lipinski definition) is 0. The van der Waals surface area contributed by atoms with Gasteiger partial charge in [-0.25, -0.2) is 8.78 Å². The van der Waals surface area contributed by atoms with Gasteiger partial charge in [-0.2, -0.15) is 0 Å². The normalized spacial score (nSPS) is 17.4. The van der Waals surface area contributed by atoms with E-state index in [0.29, 0.717) is 6.42 Å². The molecule has 10 heavy (non-hydrogen) atoms. The van der Waals surface area contributed by atoms with Gasteiger partial charge in [0.05, 0.1) is 0 Å². The molecule has 2 unspecified atom stereocenters. The second-order valence-corrected chi connectivity index (χ2v) is 2.79. The second-order valence-electron chi connectivity index (χ2n) is 2.79. The summed E-state index contributed by atoms with van der Waals surface area (Å²) in [5.74, 6) is -0.241. The minimum Gasteiger partial charge on any atom is -0.210 e. The quantitative estimate of drug-likeness (QED) is 0.576. The Balaban J connectivity index is 3.80. The van der Waals surface area contributed by atoms with E-state index in [4.69, 9.17) is 0 Å². The van der Waals surface area contributed by atoms with Crippen LogP contribution in [0.3, 0.4) is 0 Å². The van der Waals surface area contributed by atoms with E-state index in [2.05, 4.69) is 0 Å². The van der Waals surface area contributed by atoms with Crippen LogP contribution in [0.2, 0.25) is 0 Å². The van der Waals surface area contributed by atoms with E-state index in [1.807, 2.05) is 20.8 Å². The highest BCUT2D eigenvalue weighted by molar-refractivity contribution is 4.65. The topological polar surface area (TPSA) is 0 Å². The van der Waals surface area contributed by atoms with Crippen molar-refractivity contribution in [2.24, 2.45) is 11.8 Å². The van der Waals surface area contributed by atoms with E-state index in [0.717, 1.165) is 6.42 Å². The highest BCUT2D eigenvalue weighted by Crippen LogP contribution is 2.24. The molecule has 0 nitrogen and oxygen atoms in total. The summed E-state index contributed by atoms with van der Waals surface area (Å²) in [7, 11) is 0. The van der Waals surface area contributed by atoms with E-state index in [-0.39, 0.29) is 5.92 Å². The zero-order valence-electron chi connectivity index (χ0n) is 6.90. The van der Waals surface area contributed by atoms with Gasteiger partial charge in [-0.05, 0) is 12.3 Å². The van der Waals surface area contributed by atoms with Crippen molar-refractivity contribution in [3.8, 4) is 0 Å². The zero-order valence-corrected chi connectivity index (χ0v) is 6.90. The molecule has 0 heterocycles. The molecule has 0 bridgehead atoms. The van der Waals surface area contributed by atoms with Crippen LogP contribution < -0.4 is 0 Å². The van der Waals surface area contributed by atoms with Gasteiger partial charge in [0.15, 0.2) is 0 Å². The van der Waals surface area contributed by atoms with Gasteiger partial charge in [0.2, 0.25) is 6.43 Å². The molecule has 0 fully saturated rings. The van der Waals surface area contributed by atoms with Crippen molar-refractivity contribution in [2.75, 3.05) is 0 Å². The Morgan fingerprint density at radius 1 is 1.10 bits per heavy atom. The molecule has 0 aliphatic carbocycles. The third kappa shape index (κ3) is 2.63. The third-order valence-corrected chi connectivity index (χ3v) is 2.17. The van der Waals surface area contributed by atoms with E-state index >= 15 is 0 Å². The predicted octanol–water partition coefficient (Wildman–Crippen LogP) is 3.32. The summed E-state index contributed by atoms with van der Waals surface area (Å²) in [5, 5.41) is 0. The molecule has 0 saturated heterocycles. The van der Waals surface area contributed by atoms with Gasteiger partial charge in [-0.3, -0.25) is 0 Å². The van der Waals surface area contributed by atoms with E-state index in [9.17, 15) is 8.78 Å². The van der Waals surface area contributed by atoms with Crippen LogP contribution in [0.25, 0.3) is 0 Å². The number of halogens is 2. The fourth-order valence-electron chi connectivity index (χ4n) is 1.13. The number of hydrogen-bond acceptors (Lipinski definition) is 0. The van der Waals surface area contributed by atoms with Crippen molar-refractivity contribution in [2.45, 2.75) is 40.0 Å². The van der Waals surface area contributed by atoms with Gasteiger partial charge in [-0.1, -0.05) is 27.2 Å². The van der Waals surface area contributed by atoms with Gasteiger partial charge in [0.1, 0.15) is 0 Å². The first-order valence-corrected chi connectivity index (χ1v) is 3.91. The minimum absolute atomic E-state index is 0.157. The van der Waals surface area contributed by atoms with Crippen molar-refractivity contribution in [3.63, 3.8) is 0 Å². The van der Waals surface area contributed by atoms with Crippen molar-refractivity contribution in [1.82, 2.24) is 0 Å². The average Bonchev–Trinajstić information content (AvgIpc) is 1.88. The van der Waals surface area contributed by atoms with Gasteiger partial charge in [-0.15, -0.1) is 0 Å². The number of alkyl halides is 2. The SMILES string of the molecule is CCC(C)C(CC)C(F)F. The van der Waals surface area contributed by atoms with Crippen LogP contribution in [-0.2, 0) is 0 Å². The summed E-state index contributed by atoms with van der Waals surface area (Å²) in [5.41, 5.74) is 0. The van der Waals surface area contributed by atoms with Crippen LogP contribution in [-0.4, -0.2) is 6.43 Å². The van der Waals surface area contributed by atoms with Crippen LogP contribution in [0.1, 0.15) is 33.6 Å². The zero-order chi connectivity index (χ0) is 8.15. The Morgan fingerprint density at radius 2 is 1.60 bits per heavy atom. The Morgan fingerprint density at radius 3 is 1.70 bits per heavy atom. The first kappa shape index (κ1) is 9.86.